The summed E-state index contributed by atoms with van der Waals surface area (Å²) in [4.78, 5) is 22.2. The molecule has 0 unspecified atom stereocenters. The zero-order chi connectivity index (χ0) is 12.4. The highest BCUT2D eigenvalue weighted by Gasteiger charge is 2.18. The van der Waals surface area contributed by atoms with Crippen molar-refractivity contribution in [2.45, 2.75) is 25.8 Å². The molecule has 0 aromatic rings. The molecule has 0 aliphatic rings. The summed E-state index contributed by atoms with van der Waals surface area (Å²) in [7, 11) is 0. The number of aliphatic carboxylic acids is 1. The highest BCUT2D eigenvalue weighted by Crippen LogP contribution is 2.01. The predicted molar refractivity (Wildman–Crippen MR) is 65.7 cm³/mol. The lowest BCUT2D eigenvalue weighted by atomic mass is 10.2. The predicted octanol–water partition coefficient (Wildman–Crippen LogP) is 0.309. The number of carboxylic acids is 1. The van der Waals surface area contributed by atoms with E-state index in [4.69, 9.17) is 5.11 Å². The second-order valence-corrected chi connectivity index (χ2v) is 4.33. The van der Waals surface area contributed by atoms with Gasteiger partial charge in [-0.15, -0.1) is 0 Å². The third kappa shape index (κ3) is 7.53. The first-order chi connectivity index (χ1) is 7.61. The van der Waals surface area contributed by atoms with Crippen LogP contribution in [0.5, 0.6) is 0 Å². The minimum atomic E-state index is -0.967. The fraction of sp³-hybridized carbons (Fsp3) is 0.800. The lowest BCUT2D eigenvalue weighted by molar-refractivity contribution is -0.141. The van der Waals surface area contributed by atoms with Crippen LogP contribution in [0.1, 0.15) is 19.8 Å². The Hall–Kier alpha value is -0.750. The van der Waals surface area contributed by atoms with Crippen LogP contribution in [0.4, 0.5) is 0 Å². The van der Waals surface area contributed by atoms with Gasteiger partial charge in [0.2, 0.25) is 5.91 Å². The molecule has 0 radical (unpaired) electrons. The van der Waals surface area contributed by atoms with E-state index in [1.165, 1.54) is 0 Å². The summed E-state index contributed by atoms with van der Waals surface area (Å²) in [5.41, 5.74) is 0. The zero-order valence-electron chi connectivity index (χ0n) is 9.78. The van der Waals surface area contributed by atoms with Crippen LogP contribution in [-0.2, 0) is 9.59 Å². The molecule has 0 bridgehead atoms. The highest BCUT2D eigenvalue weighted by atomic mass is 32.2. The van der Waals surface area contributed by atoms with Crippen LogP contribution in [0.3, 0.4) is 0 Å². The number of thioether (sulfide) groups is 1. The summed E-state index contributed by atoms with van der Waals surface area (Å²) < 4.78 is 0. The SMILES string of the molecule is CCNCCC(=O)N[C@@H](CCSC)C(=O)O. The van der Waals surface area contributed by atoms with Crippen molar-refractivity contribution >= 4 is 23.6 Å². The zero-order valence-corrected chi connectivity index (χ0v) is 10.6. The monoisotopic (exact) mass is 248 g/mol. The Balaban J connectivity index is 3.88. The van der Waals surface area contributed by atoms with E-state index in [1.54, 1.807) is 11.8 Å². The molecule has 0 saturated carbocycles. The van der Waals surface area contributed by atoms with Gasteiger partial charge in [0.1, 0.15) is 6.04 Å². The molecule has 0 heterocycles. The van der Waals surface area contributed by atoms with Gasteiger partial charge in [-0.25, -0.2) is 4.79 Å². The molecule has 94 valence electrons. The molecule has 5 nitrogen and oxygen atoms in total. The molecular formula is C10H20N2O3S. The average Bonchev–Trinajstić information content (AvgIpc) is 2.24. The molecule has 0 aliphatic heterocycles. The van der Waals surface area contributed by atoms with Crippen LogP contribution >= 0.6 is 11.8 Å². The van der Waals surface area contributed by atoms with Gasteiger partial charge in [-0.1, -0.05) is 6.92 Å². The van der Waals surface area contributed by atoms with Crippen molar-refractivity contribution in [1.29, 1.82) is 0 Å². The van der Waals surface area contributed by atoms with E-state index in [1.807, 2.05) is 13.2 Å². The average molecular weight is 248 g/mol. The van der Waals surface area contributed by atoms with Gasteiger partial charge >= 0.3 is 5.97 Å². The summed E-state index contributed by atoms with van der Waals surface area (Å²) in [6.07, 6.45) is 2.69. The smallest absolute Gasteiger partial charge is 0.326 e. The molecule has 3 N–H and O–H groups in total. The first-order valence-electron chi connectivity index (χ1n) is 5.33. The van der Waals surface area contributed by atoms with Crippen molar-refractivity contribution in [3.05, 3.63) is 0 Å². The molecule has 6 heteroatoms. The molecule has 0 aromatic carbocycles. The van der Waals surface area contributed by atoms with Gasteiger partial charge in [-0.2, -0.15) is 11.8 Å². The number of rotatable bonds is 9. The maximum atomic E-state index is 11.4. The number of hydrogen-bond donors (Lipinski definition) is 3. The maximum absolute atomic E-state index is 11.4. The van der Waals surface area contributed by atoms with Crippen LogP contribution in [0.25, 0.3) is 0 Å². The van der Waals surface area contributed by atoms with E-state index in [9.17, 15) is 9.59 Å². The molecular weight excluding hydrogens is 228 g/mol. The summed E-state index contributed by atoms with van der Waals surface area (Å²) in [5.74, 6) is -0.454. The van der Waals surface area contributed by atoms with Crippen molar-refractivity contribution in [3.63, 3.8) is 0 Å². The van der Waals surface area contributed by atoms with E-state index in [-0.39, 0.29) is 5.91 Å². The number of carboxylic acid groups (broad SMARTS) is 1. The highest BCUT2D eigenvalue weighted by molar-refractivity contribution is 7.98. The summed E-state index contributed by atoms with van der Waals surface area (Å²) >= 11 is 1.57. The number of carbonyl (C=O) groups is 2. The van der Waals surface area contributed by atoms with E-state index in [2.05, 4.69) is 10.6 Å². The molecule has 0 rings (SSSR count). The Kier molecular flexibility index (Phi) is 9.03. The van der Waals surface area contributed by atoms with Crippen molar-refractivity contribution < 1.29 is 14.7 Å². The molecule has 0 spiro atoms. The third-order valence-electron chi connectivity index (χ3n) is 2.02. The number of carbonyl (C=O) groups excluding carboxylic acids is 1. The second kappa shape index (κ2) is 9.47. The fourth-order valence-corrected chi connectivity index (χ4v) is 1.61. The topological polar surface area (TPSA) is 78.4 Å². The fourth-order valence-electron chi connectivity index (χ4n) is 1.14. The van der Waals surface area contributed by atoms with Gasteiger partial charge in [0.25, 0.3) is 0 Å². The Morgan fingerprint density at radius 1 is 1.44 bits per heavy atom. The van der Waals surface area contributed by atoms with Gasteiger partial charge in [0.15, 0.2) is 0 Å². The number of nitrogens with one attached hydrogen (secondary N) is 2. The van der Waals surface area contributed by atoms with Crippen molar-refractivity contribution in [3.8, 4) is 0 Å². The van der Waals surface area contributed by atoms with E-state index >= 15 is 0 Å². The van der Waals surface area contributed by atoms with Gasteiger partial charge < -0.3 is 15.7 Å². The van der Waals surface area contributed by atoms with Gasteiger partial charge in [0.05, 0.1) is 0 Å². The van der Waals surface area contributed by atoms with Crippen LogP contribution in [-0.4, -0.2) is 48.1 Å². The van der Waals surface area contributed by atoms with Crippen molar-refractivity contribution in [2.24, 2.45) is 0 Å². The lowest BCUT2D eigenvalue weighted by Gasteiger charge is -2.13. The Bertz CT molecular complexity index is 224. The van der Waals surface area contributed by atoms with Crippen molar-refractivity contribution in [1.82, 2.24) is 10.6 Å². The molecule has 1 amide bonds. The van der Waals surface area contributed by atoms with Crippen LogP contribution in [0.15, 0.2) is 0 Å². The molecule has 0 aliphatic carbocycles. The first kappa shape index (κ1) is 15.2. The summed E-state index contributed by atoms with van der Waals surface area (Å²) in [6.45, 7) is 3.34. The molecule has 16 heavy (non-hydrogen) atoms. The maximum Gasteiger partial charge on any atom is 0.326 e. The quantitative estimate of drug-likeness (QED) is 0.512. The summed E-state index contributed by atoms with van der Waals surface area (Å²) in [5, 5.41) is 14.4. The Morgan fingerprint density at radius 2 is 2.12 bits per heavy atom. The minimum Gasteiger partial charge on any atom is -0.480 e. The number of amides is 1. The minimum absolute atomic E-state index is 0.213. The van der Waals surface area contributed by atoms with E-state index < -0.39 is 12.0 Å². The first-order valence-corrected chi connectivity index (χ1v) is 6.73. The molecule has 0 aromatic heterocycles. The normalized spacial score (nSPS) is 12.1. The second-order valence-electron chi connectivity index (χ2n) is 3.34. The largest absolute Gasteiger partial charge is 0.480 e. The van der Waals surface area contributed by atoms with Gasteiger partial charge in [0, 0.05) is 13.0 Å². The lowest BCUT2D eigenvalue weighted by Crippen LogP contribution is -2.42. The Morgan fingerprint density at radius 3 is 2.62 bits per heavy atom. The molecule has 0 fully saturated rings. The van der Waals surface area contributed by atoms with E-state index in [0.29, 0.717) is 19.4 Å². The Labute approximate surface area is 100 Å². The summed E-state index contributed by atoms with van der Waals surface area (Å²) in [6, 6.07) is -0.762. The third-order valence-corrected chi connectivity index (χ3v) is 2.67. The standard InChI is InChI=1S/C10H20N2O3S/c1-3-11-6-4-9(13)12-8(10(14)15)5-7-16-2/h8,11H,3-7H2,1-2H3,(H,12,13)(H,14,15)/t8-/m0/s1. The van der Waals surface area contributed by atoms with E-state index in [0.717, 1.165) is 12.3 Å². The van der Waals surface area contributed by atoms with Crippen LogP contribution in [0.2, 0.25) is 0 Å². The van der Waals surface area contributed by atoms with Crippen LogP contribution < -0.4 is 10.6 Å². The van der Waals surface area contributed by atoms with Gasteiger partial charge in [-0.3, -0.25) is 4.79 Å². The van der Waals surface area contributed by atoms with Crippen molar-refractivity contribution in [2.75, 3.05) is 25.1 Å². The van der Waals surface area contributed by atoms with Crippen LogP contribution in [0, 0.1) is 0 Å². The van der Waals surface area contributed by atoms with Gasteiger partial charge in [-0.05, 0) is 25.0 Å². The molecule has 0 saturated heterocycles. The number of hydrogen-bond acceptors (Lipinski definition) is 4. The molecule has 1 atom stereocenters.